The minimum atomic E-state index is -0.926. The van der Waals surface area contributed by atoms with E-state index in [9.17, 15) is 24.9 Å². The van der Waals surface area contributed by atoms with E-state index in [1.54, 1.807) is 13.8 Å². The van der Waals surface area contributed by atoms with Crippen LogP contribution in [-0.4, -0.2) is 82.8 Å². The van der Waals surface area contributed by atoms with Crippen molar-refractivity contribution in [3.63, 3.8) is 0 Å². The van der Waals surface area contributed by atoms with Crippen LogP contribution in [0.15, 0.2) is 0 Å². The number of Topliss-reactive ketones (excluding diaryl/α,β-unsaturated/α-hetero) is 1. The van der Waals surface area contributed by atoms with Crippen LogP contribution in [0.2, 0.25) is 0 Å². The monoisotopic (exact) mass is 529 g/mol. The normalized spacial score (nSPS) is 29.1. The summed E-state index contributed by atoms with van der Waals surface area (Å²) in [6, 6.07) is -0.145. The fraction of sp³-hybridized carbons (Fsp3) is 0.931. The van der Waals surface area contributed by atoms with E-state index in [0.29, 0.717) is 19.3 Å². The van der Waals surface area contributed by atoms with Crippen LogP contribution in [0.5, 0.6) is 0 Å². The van der Waals surface area contributed by atoms with E-state index in [0.717, 1.165) is 12.8 Å². The molecule has 1 heterocycles. The molecule has 0 aromatic heterocycles. The van der Waals surface area contributed by atoms with Gasteiger partial charge >= 0.3 is 5.97 Å². The molecule has 3 N–H and O–H groups in total. The van der Waals surface area contributed by atoms with Gasteiger partial charge in [-0.3, -0.25) is 9.59 Å². The molecule has 1 saturated heterocycles. The van der Waals surface area contributed by atoms with Gasteiger partial charge in [-0.2, -0.15) is 0 Å². The van der Waals surface area contributed by atoms with Gasteiger partial charge in [-0.05, 0) is 65.0 Å². The van der Waals surface area contributed by atoms with Crippen LogP contribution in [0.25, 0.3) is 0 Å². The molecule has 0 aliphatic carbocycles. The van der Waals surface area contributed by atoms with E-state index in [4.69, 9.17) is 9.47 Å². The van der Waals surface area contributed by atoms with Crippen LogP contribution in [-0.2, 0) is 19.1 Å². The molecule has 8 nitrogen and oxygen atoms in total. The lowest BCUT2D eigenvalue weighted by Gasteiger charge is -2.43. The van der Waals surface area contributed by atoms with Crippen molar-refractivity contribution in [1.82, 2.24) is 4.90 Å². The Labute approximate surface area is 225 Å². The highest BCUT2D eigenvalue weighted by molar-refractivity contribution is 5.83. The highest BCUT2D eigenvalue weighted by Crippen LogP contribution is 2.32. The van der Waals surface area contributed by atoms with Gasteiger partial charge in [0.25, 0.3) is 0 Å². The number of ketones is 1. The summed E-state index contributed by atoms with van der Waals surface area (Å²) in [5.74, 6) is -2.01. The van der Waals surface area contributed by atoms with E-state index in [-0.39, 0.29) is 35.5 Å². The zero-order valence-corrected chi connectivity index (χ0v) is 24.9. The average molecular weight is 530 g/mol. The van der Waals surface area contributed by atoms with Gasteiger partial charge in [0.1, 0.15) is 5.78 Å². The summed E-state index contributed by atoms with van der Waals surface area (Å²) in [5.41, 5.74) is 0. The standard InChI is InChI=1S/C29H55NO7/c1-11-12-17(3)25(31)20(6)26(32)18(4)13-16(2)14-19(5)28(21(7)29(34)35)37-24-15-23(30(9)10)27(33)22(8)36-24/h16-25,27-28,31,33H,11-15H2,1-10H3,(H,34,35)/t16-,17-,18+,19+,20+,21+,22?,23?,24-,25-,27+,28?/m0/s1. The van der Waals surface area contributed by atoms with Crippen LogP contribution < -0.4 is 0 Å². The van der Waals surface area contributed by atoms with Gasteiger partial charge in [0, 0.05) is 24.3 Å². The third-order valence-corrected chi connectivity index (χ3v) is 8.39. The molecule has 37 heavy (non-hydrogen) atoms. The number of likely N-dealkylation sites (N-methyl/N-ethyl adjacent to an activating group) is 1. The Morgan fingerprint density at radius 2 is 1.62 bits per heavy atom. The minimum Gasteiger partial charge on any atom is -0.481 e. The summed E-state index contributed by atoms with van der Waals surface area (Å²) in [6.07, 6.45) is 0.795. The lowest BCUT2D eigenvalue weighted by atomic mass is 9.79. The number of hydrogen-bond donors (Lipinski definition) is 3. The Hall–Kier alpha value is -1.06. The summed E-state index contributed by atoms with van der Waals surface area (Å²) in [5, 5.41) is 30.9. The number of carboxylic acids is 1. The predicted molar refractivity (Wildman–Crippen MR) is 145 cm³/mol. The molecule has 218 valence electrons. The predicted octanol–water partition coefficient (Wildman–Crippen LogP) is 4.21. The van der Waals surface area contributed by atoms with Gasteiger partial charge in [-0.25, -0.2) is 0 Å². The number of carbonyl (C=O) groups excluding carboxylic acids is 1. The fourth-order valence-electron chi connectivity index (χ4n) is 6.01. The summed E-state index contributed by atoms with van der Waals surface area (Å²) in [6.45, 7) is 15.4. The number of hydrogen-bond acceptors (Lipinski definition) is 7. The maximum atomic E-state index is 13.0. The van der Waals surface area contributed by atoms with E-state index in [2.05, 4.69) is 13.8 Å². The number of ether oxygens (including phenoxy) is 2. The van der Waals surface area contributed by atoms with Crippen molar-refractivity contribution in [2.75, 3.05) is 14.1 Å². The Morgan fingerprint density at radius 1 is 1.03 bits per heavy atom. The van der Waals surface area contributed by atoms with Crippen LogP contribution in [0.1, 0.15) is 87.5 Å². The second-order valence-electron chi connectivity index (χ2n) is 12.2. The number of aliphatic hydroxyl groups excluding tert-OH is 2. The van der Waals surface area contributed by atoms with Crippen LogP contribution >= 0.6 is 0 Å². The Bertz CT molecular complexity index is 702. The quantitative estimate of drug-likeness (QED) is 0.272. The van der Waals surface area contributed by atoms with Gasteiger partial charge in [0.2, 0.25) is 0 Å². The first-order valence-corrected chi connectivity index (χ1v) is 14.2. The molecule has 0 radical (unpaired) electrons. The topological polar surface area (TPSA) is 117 Å². The van der Waals surface area contributed by atoms with E-state index in [1.807, 2.05) is 46.7 Å². The zero-order valence-electron chi connectivity index (χ0n) is 24.9. The highest BCUT2D eigenvalue weighted by atomic mass is 16.7. The molecule has 3 unspecified atom stereocenters. The molecular weight excluding hydrogens is 474 g/mol. The molecule has 1 aliphatic heterocycles. The smallest absolute Gasteiger partial charge is 0.308 e. The van der Waals surface area contributed by atoms with Gasteiger partial charge in [-0.15, -0.1) is 0 Å². The lowest BCUT2D eigenvalue weighted by Crippen LogP contribution is -2.54. The third kappa shape index (κ3) is 9.88. The summed E-state index contributed by atoms with van der Waals surface area (Å²) < 4.78 is 12.2. The zero-order chi connectivity index (χ0) is 28.6. The fourth-order valence-corrected chi connectivity index (χ4v) is 6.01. The summed E-state index contributed by atoms with van der Waals surface area (Å²) in [7, 11) is 3.80. The molecule has 12 atom stereocenters. The average Bonchev–Trinajstić information content (AvgIpc) is 2.82. The molecule has 0 aromatic rings. The van der Waals surface area contributed by atoms with Gasteiger partial charge < -0.3 is 29.7 Å². The molecule has 1 rings (SSSR count). The molecular formula is C29H55NO7. The second-order valence-corrected chi connectivity index (χ2v) is 12.2. The van der Waals surface area contributed by atoms with Crippen LogP contribution in [0, 0.1) is 35.5 Å². The SMILES string of the molecule is CCC[C@H](C)[C@H](O)[C@@H](C)C(=O)[C@H](C)C[C@H](C)C[C@@H](C)C(O[C@H]1CC(N(C)C)[C@H](O)C(C)O1)[C@@H](C)C(=O)O. The Kier molecular flexibility index (Phi) is 14.2. The molecule has 0 bridgehead atoms. The molecule has 1 fully saturated rings. The molecule has 8 heteroatoms. The van der Waals surface area contributed by atoms with Gasteiger partial charge in [0.15, 0.2) is 6.29 Å². The van der Waals surface area contributed by atoms with Crippen molar-refractivity contribution in [1.29, 1.82) is 0 Å². The van der Waals surface area contributed by atoms with E-state index >= 15 is 0 Å². The van der Waals surface area contributed by atoms with Crippen molar-refractivity contribution < 1.29 is 34.4 Å². The number of aliphatic hydroxyl groups is 2. The molecule has 0 amide bonds. The first kappa shape index (κ1) is 34.0. The molecule has 1 aliphatic rings. The van der Waals surface area contributed by atoms with Crippen molar-refractivity contribution in [2.45, 2.75) is 124 Å². The Balaban J connectivity index is 2.84. The van der Waals surface area contributed by atoms with Crippen LogP contribution in [0.3, 0.4) is 0 Å². The van der Waals surface area contributed by atoms with E-state index in [1.165, 1.54) is 0 Å². The number of carboxylic acid groups (broad SMARTS) is 1. The largest absolute Gasteiger partial charge is 0.481 e. The van der Waals surface area contributed by atoms with Crippen molar-refractivity contribution in [3.05, 3.63) is 0 Å². The number of rotatable bonds is 16. The van der Waals surface area contributed by atoms with Crippen molar-refractivity contribution in [2.24, 2.45) is 35.5 Å². The van der Waals surface area contributed by atoms with E-state index < -0.39 is 48.5 Å². The number of nitrogens with zero attached hydrogens (tertiary/aromatic N) is 1. The maximum Gasteiger partial charge on any atom is 0.308 e. The lowest BCUT2D eigenvalue weighted by molar-refractivity contribution is -0.261. The third-order valence-electron chi connectivity index (χ3n) is 8.39. The summed E-state index contributed by atoms with van der Waals surface area (Å²) >= 11 is 0. The minimum absolute atomic E-state index is 0.0829. The second kappa shape index (κ2) is 15.5. The molecule has 0 spiro atoms. The first-order valence-electron chi connectivity index (χ1n) is 14.2. The molecule has 0 aromatic carbocycles. The Morgan fingerprint density at radius 3 is 2.14 bits per heavy atom. The summed E-state index contributed by atoms with van der Waals surface area (Å²) in [4.78, 5) is 26.9. The van der Waals surface area contributed by atoms with Crippen molar-refractivity contribution >= 4 is 11.8 Å². The van der Waals surface area contributed by atoms with Gasteiger partial charge in [-0.1, -0.05) is 48.0 Å². The highest BCUT2D eigenvalue weighted by Gasteiger charge is 2.40. The number of carbonyl (C=O) groups is 2. The first-order chi connectivity index (χ1) is 17.1. The molecule has 0 saturated carbocycles. The van der Waals surface area contributed by atoms with Crippen LogP contribution in [0.4, 0.5) is 0 Å². The van der Waals surface area contributed by atoms with Gasteiger partial charge in [0.05, 0.1) is 30.3 Å². The number of aliphatic carboxylic acids is 1. The maximum absolute atomic E-state index is 13.0. The van der Waals surface area contributed by atoms with Crippen molar-refractivity contribution in [3.8, 4) is 0 Å².